The fraction of sp³-hybridized carbons (Fsp3) is 0.152. The lowest BCUT2D eigenvalue weighted by atomic mass is 10.1. The fourth-order valence-corrected chi connectivity index (χ4v) is 5.81. The van der Waals surface area contributed by atoms with Gasteiger partial charge in [0.15, 0.2) is 0 Å². The highest BCUT2D eigenvalue weighted by Gasteiger charge is 2.23. The number of aromatic nitrogens is 1. The summed E-state index contributed by atoms with van der Waals surface area (Å²) in [7, 11) is 0. The van der Waals surface area contributed by atoms with Crippen LogP contribution in [0.3, 0.4) is 0 Å². The third-order valence-corrected chi connectivity index (χ3v) is 7.91. The summed E-state index contributed by atoms with van der Waals surface area (Å²) in [6, 6.07) is 37.7. The molecule has 6 heteroatoms. The molecule has 5 aromatic rings. The summed E-state index contributed by atoms with van der Waals surface area (Å²) in [5.41, 5.74) is 5.17. The molecule has 0 amide bonds. The van der Waals surface area contributed by atoms with Crippen molar-refractivity contribution in [3.8, 4) is 21.8 Å². The molecule has 0 N–H and O–H groups in total. The Labute approximate surface area is 232 Å². The molecular formula is C33H29FN4S. The summed E-state index contributed by atoms with van der Waals surface area (Å²) in [4.78, 5) is 15.2. The zero-order chi connectivity index (χ0) is 26.4. The van der Waals surface area contributed by atoms with Crippen molar-refractivity contribution in [3.63, 3.8) is 0 Å². The third kappa shape index (κ3) is 5.98. The number of rotatable bonds is 6. The van der Waals surface area contributed by atoms with E-state index in [1.165, 1.54) is 17.7 Å². The zero-order valence-electron chi connectivity index (χ0n) is 21.6. The first-order chi connectivity index (χ1) is 19.2. The van der Waals surface area contributed by atoms with Crippen molar-refractivity contribution < 1.29 is 4.39 Å². The smallest absolute Gasteiger partial charge is 0.146 e. The molecule has 1 aromatic heterocycles. The molecule has 0 aliphatic carbocycles. The van der Waals surface area contributed by atoms with Crippen LogP contribution in [0.1, 0.15) is 11.1 Å². The van der Waals surface area contributed by atoms with Crippen LogP contribution in [-0.2, 0) is 6.54 Å². The van der Waals surface area contributed by atoms with E-state index in [1.807, 2.05) is 24.3 Å². The number of piperazine rings is 1. The van der Waals surface area contributed by atoms with E-state index >= 15 is 0 Å². The first-order valence-electron chi connectivity index (χ1n) is 13.2. The lowest BCUT2D eigenvalue weighted by Gasteiger charge is -2.36. The van der Waals surface area contributed by atoms with Crippen LogP contribution >= 0.6 is 11.3 Å². The second-order valence-corrected chi connectivity index (χ2v) is 10.6. The topological polar surface area (TPSA) is 31.7 Å². The largest absolute Gasteiger partial charge is 0.354 e. The van der Waals surface area contributed by atoms with Gasteiger partial charge < -0.3 is 4.90 Å². The highest BCUT2D eigenvalue weighted by Crippen LogP contribution is 2.40. The minimum absolute atomic E-state index is 0.255. The van der Waals surface area contributed by atoms with Gasteiger partial charge in [-0.05, 0) is 29.8 Å². The van der Waals surface area contributed by atoms with Gasteiger partial charge in [0.05, 0.1) is 0 Å². The summed E-state index contributed by atoms with van der Waals surface area (Å²) in [5, 5.41) is 1.68. The Balaban J connectivity index is 1.35. The molecule has 4 aromatic carbocycles. The van der Waals surface area contributed by atoms with E-state index in [-0.39, 0.29) is 5.82 Å². The standard InChI is InChI=1S/C33H29FN4S/c34-29-18-16-28(17-19-29)32-35-30(26-12-6-2-7-13-26)33(39-32)36-31(27-14-8-3-9-15-27)38-22-20-37(21-23-38)24-25-10-4-1-5-11-25/h1-19H,20-24H2/b36-31-. The molecule has 2 heterocycles. The predicted molar refractivity (Wildman–Crippen MR) is 159 cm³/mol. The van der Waals surface area contributed by atoms with E-state index in [4.69, 9.17) is 9.98 Å². The van der Waals surface area contributed by atoms with Crippen molar-refractivity contribution >= 4 is 22.2 Å². The monoisotopic (exact) mass is 532 g/mol. The molecule has 194 valence electrons. The zero-order valence-corrected chi connectivity index (χ0v) is 22.4. The predicted octanol–water partition coefficient (Wildman–Crippen LogP) is 7.51. The summed E-state index contributed by atoms with van der Waals surface area (Å²) >= 11 is 1.54. The summed E-state index contributed by atoms with van der Waals surface area (Å²) < 4.78 is 13.6. The average molecular weight is 533 g/mol. The van der Waals surface area contributed by atoms with Gasteiger partial charge in [0.2, 0.25) is 0 Å². The van der Waals surface area contributed by atoms with Gasteiger partial charge in [-0.2, -0.15) is 0 Å². The lowest BCUT2D eigenvalue weighted by molar-refractivity contribution is 0.176. The third-order valence-electron chi connectivity index (χ3n) is 6.91. The summed E-state index contributed by atoms with van der Waals surface area (Å²) in [5.74, 6) is 0.705. The molecule has 0 saturated carbocycles. The van der Waals surface area contributed by atoms with Gasteiger partial charge in [-0.15, -0.1) is 0 Å². The van der Waals surface area contributed by atoms with E-state index in [9.17, 15) is 4.39 Å². The molecule has 1 fully saturated rings. The SMILES string of the molecule is Fc1ccc(-c2nc(-c3ccccc3)c(/N=C(/c3ccccc3)N3CCN(Cc4ccccc4)CC3)s2)cc1. The van der Waals surface area contributed by atoms with Crippen LogP contribution in [0, 0.1) is 5.82 Å². The maximum Gasteiger partial charge on any atom is 0.146 e. The van der Waals surface area contributed by atoms with Crippen LogP contribution < -0.4 is 0 Å². The van der Waals surface area contributed by atoms with Crippen LogP contribution in [0.25, 0.3) is 21.8 Å². The van der Waals surface area contributed by atoms with Gasteiger partial charge in [0.1, 0.15) is 27.4 Å². The Morgan fingerprint density at radius 1 is 0.718 bits per heavy atom. The van der Waals surface area contributed by atoms with Gasteiger partial charge >= 0.3 is 0 Å². The van der Waals surface area contributed by atoms with Crippen LogP contribution in [0.2, 0.25) is 0 Å². The van der Waals surface area contributed by atoms with Crippen LogP contribution in [0.5, 0.6) is 0 Å². The quantitative estimate of drug-likeness (QED) is 0.168. The second kappa shape index (κ2) is 11.7. The fourth-order valence-electron chi connectivity index (χ4n) is 4.85. The molecule has 0 bridgehead atoms. The number of benzene rings is 4. The number of halogens is 1. The molecular weight excluding hydrogens is 503 g/mol. The van der Waals surface area contributed by atoms with E-state index in [0.29, 0.717) is 0 Å². The first-order valence-corrected chi connectivity index (χ1v) is 14.0. The highest BCUT2D eigenvalue weighted by molar-refractivity contribution is 7.19. The minimum Gasteiger partial charge on any atom is -0.354 e. The molecule has 0 spiro atoms. The molecule has 4 nitrogen and oxygen atoms in total. The van der Waals surface area contributed by atoms with E-state index in [2.05, 4.69) is 76.5 Å². The maximum absolute atomic E-state index is 13.6. The number of aliphatic imine (C=N–C) groups is 1. The molecule has 6 rings (SSSR count). The normalized spacial score (nSPS) is 14.5. The minimum atomic E-state index is -0.255. The second-order valence-electron chi connectivity index (χ2n) is 9.60. The highest BCUT2D eigenvalue weighted by atomic mass is 32.1. The first kappa shape index (κ1) is 25.2. The average Bonchev–Trinajstić information content (AvgIpc) is 3.42. The van der Waals surface area contributed by atoms with Crippen molar-refractivity contribution in [3.05, 3.63) is 132 Å². The van der Waals surface area contributed by atoms with Crippen molar-refractivity contribution in [1.29, 1.82) is 0 Å². The van der Waals surface area contributed by atoms with E-state index in [0.717, 1.165) is 71.0 Å². The molecule has 1 aliphatic rings. The van der Waals surface area contributed by atoms with Crippen LogP contribution in [-0.4, -0.2) is 46.8 Å². The molecule has 1 saturated heterocycles. The van der Waals surface area contributed by atoms with Crippen LogP contribution in [0.4, 0.5) is 9.39 Å². The number of thiazole rings is 1. The number of hydrogen-bond acceptors (Lipinski definition) is 4. The molecule has 0 atom stereocenters. The van der Waals surface area contributed by atoms with Crippen molar-refractivity contribution in [1.82, 2.24) is 14.8 Å². The van der Waals surface area contributed by atoms with E-state index < -0.39 is 0 Å². The number of hydrogen-bond donors (Lipinski definition) is 0. The summed E-state index contributed by atoms with van der Waals surface area (Å²) in [6.07, 6.45) is 0. The summed E-state index contributed by atoms with van der Waals surface area (Å²) in [6.45, 7) is 4.68. The van der Waals surface area contributed by atoms with Crippen molar-refractivity contribution in [2.24, 2.45) is 4.99 Å². The Hall–Kier alpha value is -4.13. The Kier molecular flexibility index (Phi) is 7.56. The maximum atomic E-state index is 13.6. The van der Waals surface area contributed by atoms with E-state index in [1.54, 1.807) is 23.5 Å². The Morgan fingerprint density at radius 3 is 2.00 bits per heavy atom. The van der Waals surface area contributed by atoms with Gasteiger partial charge in [-0.3, -0.25) is 4.90 Å². The van der Waals surface area contributed by atoms with Crippen molar-refractivity contribution in [2.45, 2.75) is 6.54 Å². The van der Waals surface area contributed by atoms with Crippen molar-refractivity contribution in [2.75, 3.05) is 26.2 Å². The molecule has 39 heavy (non-hydrogen) atoms. The number of amidine groups is 1. The van der Waals surface area contributed by atoms with Gasteiger partial charge in [0, 0.05) is 49.4 Å². The lowest BCUT2D eigenvalue weighted by Crippen LogP contribution is -2.48. The van der Waals surface area contributed by atoms with Gasteiger partial charge in [-0.25, -0.2) is 14.4 Å². The Bertz CT molecular complexity index is 1530. The van der Waals surface area contributed by atoms with Gasteiger partial charge in [0.25, 0.3) is 0 Å². The molecule has 1 aliphatic heterocycles. The van der Waals surface area contributed by atoms with Crippen LogP contribution in [0.15, 0.2) is 120 Å². The van der Waals surface area contributed by atoms with Gasteiger partial charge in [-0.1, -0.05) is 102 Å². The molecule has 0 unspecified atom stereocenters. The number of nitrogens with zero attached hydrogens (tertiary/aromatic N) is 4. The molecule has 0 radical (unpaired) electrons. The Morgan fingerprint density at radius 2 is 1.33 bits per heavy atom.